The van der Waals surface area contributed by atoms with E-state index in [0.29, 0.717) is 10.6 Å². The number of nitrogens with zero attached hydrogens (tertiary/aromatic N) is 2. The van der Waals surface area contributed by atoms with Gasteiger partial charge in [0, 0.05) is 35.6 Å². The van der Waals surface area contributed by atoms with Gasteiger partial charge in [-0.2, -0.15) is 0 Å². The third kappa shape index (κ3) is 4.37. The molecule has 0 bridgehead atoms. The largest absolute Gasteiger partial charge is 0.371 e. The summed E-state index contributed by atoms with van der Waals surface area (Å²) >= 11 is 1.49. The minimum Gasteiger partial charge on any atom is -0.371 e. The highest BCUT2D eigenvalue weighted by Crippen LogP contribution is 2.29. The molecule has 1 saturated heterocycles. The molecule has 1 aromatic heterocycles. The highest BCUT2D eigenvalue weighted by atomic mass is 32.2. The Morgan fingerprint density at radius 3 is 2.57 bits per heavy atom. The van der Waals surface area contributed by atoms with Gasteiger partial charge in [0.25, 0.3) is 5.91 Å². The predicted octanol–water partition coefficient (Wildman–Crippen LogP) is 5.33. The van der Waals surface area contributed by atoms with Crippen LogP contribution in [0, 0.1) is 5.92 Å². The van der Waals surface area contributed by atoms with Crippen molar-refractivity contribution in [3.63, 3.8) is 0 Å². The number of pyridine rings is 1. The van der Waals surface area contributed by atoms with E-state index in [-0.39, 0.29) is 5.91 Å². The summed E-state index contributed by atoms with van der Waals surface area (Å²) in [4.78, 5) is 20.7. The van der Waals surface area contributed by atoms with E-state index in [1.165, 1.54) is 23.9 Å². The number of hydrogen-bond acceptors (Lipinski definition) is 4. The Labute approximate surface area is 170 Å². The second-order valence-corrected chi connectivity index (χ2v) is 8.17. The van der Waals surface area contributed by atoms with Crippen LogP contribution >= 0.6 is 11.8 Å². The second kappa shape index (κ2) is 8.48. The summed E-state index contributed by atoms with van der Waals surface area (Å²) in [6.07, 6.45) is 2.95. The molecule has 0 spiro atoms. The highest BCUT2D eigenvalue weighted by Gasteiger charge is 2.19. The van der Waals surface area contributed by atoms with Crippen LogP contribution in [0.1, 0.15) is 23.7 Å². The lowest BCUT2D eigenvalue weighted by Crippen LogP contribution is -2.19. The van der Waals surface area contributed by atoms with E-state index in [4.69, 9.17) is 0 Å². The molecule has 0 saturated carbocycles. The Balaban J connectivity index is 1.46. The van der Waals surface area contributed by atoms with Crippen LogP contribution < -0.4 is 10.2 Å². The van der Waals surface area contributed by atoms with Gasteiger partial charge in [-0.25, -0.2) is 4.98 Å². The lowest BCUT2D eigenvalue weighted by Gasteiger charge is -2.18. The molecule has 0 aliphatic carbocycles. The van der Waals surface area contributed by atoms with Gasteiger partial charge in [0.1, 0.15) is 5.03 Å². The normalized spacial score (nSPS) is 16.2. The smallest absolute Gasteiger partial charge is 0.258 e. The second-order valence-electron chi connectivity index (χ2n) is 7.11. The average Bonchev–Trinajstić information content (AvgIpc) is 3.16. The summed E-state index contributed by atoms with van der Waals surface area (Å²) in [6.45, 7) is 4.48. The number of benzene rings is 2. The number of carbonyl (C=O) groups is 1. The molecule has 1 atom stereocenters. The van der Waals surface area contributed by atoms with Gasteiger partial charge in [0.15, 0.2) is 0 Å². The zero-order valence-corrected chi connectivity index (χ0v) is 16.7. The molecule has 28 heavy (non-hydrogen) atoms. The van der Waals surface area contributed by atoms with Gasteiger partial charge in [-0.3, -0.25) is 4.79 Å². The Hall–Kier alpha value is -2.79. The molecule has 0 radical (unpaired) electrons. The van der Waals surface area contributed by atoms with Crippen molar-refractivity contribution in [2.75, 3.05) is 23.3 Å². The van der Waals surface area contributed by atoms with Gasteiger partial charge in [-0.1, -0.05) is 36.9 Å². The van der Waals surface area contributed by atoms with Gasteiger partial charge < -0.3 is 10.2 Å². The number of hydrogen-bond donors (Lipinski definition) is 1. The Morgan fingerprint density at radius 2 is 1.86 bits per heavy atom. The third-order valence-corrected chi connectivity index (χ3v) is 5.91. The van der Waals surface area contributed by atoms with Crippen molar-refractivity contribution < 1.29 is 4.79 Å². The number of aromatic nitrogens is 1. The molecule has 1 unspecified atom stereocenters. The van der Waals surface area contributed by atoms with Gasteiger partial charge in [-0.15, -0.1) is 0 Å². The van der Waals surface area contributed by atoms with Crippen LogP contribution in [0.5, 0.6) is 0 Å². The molecule has 142 valence electrons. The lowest BCUT2D eigenvalue weighted by molar-refractivity contribution is 0.102. The highest BCUT2D eigenvalue weighted by molar-refractivity contribution is 7.99. The van der Waals surface area contributed by atoms with Crippen LogP contribution in [-0.4, -0.2) is 24.0 Å². The standard InChI is InChI=1S/C23H23N3OS/c1-17-13-15-26(16-17)19-11-9-18(10-12-19)25-22(27)21-8-5-14-24-23(21)28-20-6-3-2-4-7-20/h2-12,14,17H,13,15-16H2,1H3,(H,25,27). The maximum atomic E-state index is 12.8. The Morgan fingerprint density at radius 1 is 1.07 bits per heavy atom. The first-order valence-electron chi connectivity index (χ1n) is 9.53. The molecule has 1 N–H and O–H groups in total. The first-order valence-corrected chi connectivity index (χ1v) is 10.3. The molecule has 1 aliphatic heterocycles. The van der Waals surface area contributed by atoms with Crippen molar-refractivity contribution in [1.82, 2.24) is 4.98 Å². The minimum atomic E-state index is -0.144. The number of carbonyl (C=O) groups excluding carboxylic acids is 1. The fraction of sp³-hybridized carbons (Fsp3) is 0.217. The monoisotopic (exact) mass is 389 g/mol. The van der Waals surface area contributed by atoms with Crippen molar-refractivity contribution >= 4 is 29.0 Å². The van der Waals surface area contributed by atoms with Crippen LogP contribution in [0.25, 0.3) is 0 Å². The number of rotatable bonds is 5. The maximum Gasteiger partial charge on any atom is 0.258 e. The summed E-state index contributed by atoms with van der Waals surface area (Å²) in [5.74, 6) is 0.597. The first kappa shape index (κ1) is 18.6. The zero-order valence-electron chi connectivity index (χ0n) is 15.8. The van der Waals surface area contributed by atoms with E-state index in [9.17, 15) is 4.79 Å². The Bertz CT molecular complexity index is 944. The first-order chi connectivity index (χ1) is 13.7. The SMILES string of the molecule is CC1CCN(c2ccc(NC(=O)c3cccnc3Sc3ccccc3)cc2)C1. The molecular weight excluding hydrogens is 366 g/mol. The predicted molar refractivity (Wildman–Crippen MR) is 115 cm³/mol. The maximum absolute atomic E-state index is 12.8. The fourth-order valence-electron chi connectivity index (χ4n) is 3.37. The van der Waals surface area contributed by atoms with Gasteiger partial charge in [-0.05, 0) is 60.9 Å². The van der Waals surface area contributed by atoms with E-state index in [1.54, 1.807) is 12.3 Å². The zero-order chi connectivity index (χ0) is 19.3. The lowest BCUT2D eigenvalue weighted by atomic mass is 10.2. The molecule has 4 rings (SSSR count). The van der Waals surface area contributed by atoms with Gasteiger partial charge in [0.2, 0.25) is 0 Å². The molecule has 2 heterocycles. The van der Waals surface area contributed by atoms with E-state index in [0.717, 1.165) is 29.6 Å². The van der Waals surface area contributed by atoms with Crippen molar-refractivity contribution in [3.8, 4) is 0 Å². The van der Waals surface area contributed by atoms with Crippen molar-refractivity contribution in [2.45, 2.75) is 23.3 Å². The minimum absolute atomic E-state index is 0.144. The Kier molecular flexibility index (Phi) is 5.63. The molecule has 3 aromatic rings. The molecule has 1 amide bonds. The molecule has 1 fully saturated rings. The molecule has 4 nitrogen and oxygen atoms in total. The average molecular weight is 390 g/mol. The number of anilines is 2. The van der Waals surface area contributed by atoms with E-state index < -0.39 is 0 Å². The van der Waals surface area contributed by atoms with Crippen molar-refractivity contribution in [2.24, 2.45) is 5.92 Å². The van der Waals surface area contributed by atoms with E-state index >= 15 is 0 Å². The van der Waals surface area contributed by atoms with Crippen LogP contribution in [-0.2, 0) is 0 Å². The van der Waals surface area contributed by atoms with Crippen LogP contribution in [0.3, 0.4) is 0 Å². The number of nitrogens with one attached hydrogen (secondary N) is 1. The summed E-state index contributed by atoms with van der Waals surface area (Å²) in [6, 6.07) is 21.7. The third-order valence-electron chi connectivity index (χ3n) is 4.89. The van der Waals surface area contributed by atoms with Crippen molar-refractivity contribution in [3.05, 3.63) is 78.5 Å². The van der Waals surface area contributed by atoms with E-state index in [1.807, 2.05) is 48.5 Å². The topological polar surface area (TPSA) is 45.2 Å². The van der Waals surface area contributed by atoms with Crippen LogP contribution in [0.15, 0.2) is 82.8 Å². The van der Waals surface area contributed by atoms with Gasteiger partial charge in [0.05, 0.1) is 5.56 Å². The quantitative estimate of drug-likeness (QED) is 0.640. The van der Waals surface area contributed by atoms with E-state index in [2.05, 4.69) is 34.3 Å². The molecular formula is C23H23N3OS. The summed E-state index contributed by atoms with van der Waals surface area (Å²) in [5, 5.41) is 3.70. The summed E-state index contributed by atoms with van der Waals surface area (Å²) in [7, 11) is 0. The number of amides is 1. The van der Waals surface area contributed by atoms with Crippen LogP contribution in [0.4, 0.5) is 11.4 Å². The molecule has 5 heteroatoms. The summed E-state index contributed by atoms with van der Waals surface area (Å²) < 4.78 is 0. The van der Waals surface area contributed by atoms with Crippen LogP contribution in [0.2, 0.25) is 0 Å². The van der Waals surface area contributed by atoms with Crippen molar-refractivity contribution in [1.29, 1.82) is 0 Å². The summed E-state index contributed by atoms with van der Waals surface area (Å²) in [5.41, 5.74) is 2.58. The fourth-order valence-corrected chi connectivity index (χ4v) is 4.27. The van der Waals surface area contributed by atoms with Gasteiger partial charge >= 0.3 is 0 Å². The molecule has 2 aromatic carbocycles. The molecule has 1 aliphatic rings.